The van der Waals surface area contributed by atoms with Crippen molar-refractivity contribution in [2.45, 2.75) is 64.2 Å². The van der Waals surface area contributed by atoms with Gasteiger partial charge < -0.3 is 9.80 Å². The normalized spacial score (nSPS) is 15.4. The number of carbonyl (C=O) groups excluding carboxylic acids is 1. The maximum Gasteiger partial charge on any atom is 0.355 e. The number of fused-ring (bicyclic) bond motifs is 1. The van der Waals surface area contributed by atoms with E-state index in [2.05, 4.69) is 30.4 Å². The second kappa shape index (κ2) is 13.1. The number of thioether (sulfide) groups is 1. The Morgan fingerprint density at radius 3 is 2.56 bits per heavy atom. The molecule has 8 nitrogen and oxygen atoms in total. The van der Waals surface area contributed by atoms with Gasteiger partial charge in [0, 0.05) is 42.0 Å². The molecule has 1 amide bonds. The monoisotopic (exact) mass is 632 g/mol. The predicted molar refractivity (Wildman–Crippen MR) is 176 cm³/mol. The summed E-state index contributed by atoms with van der Waals surface area (Å²) in [5.41, 5.74) is 1.40. The van der Waals surface area contributed by atoms with E-state index in [1.807, 2.05) is 38.7 Å². The number of aryl methyl sites for hydroxylation is 1. The highest BCUT2D eigenvalue weighted by Gasteiger charge is 2.31. The van der Waals surface area contributed by atoms with Gasteiger partial charge in [0.25, 0.3) is 0 Å². The smallest absolute Gasteiger partial charge is 0.350 e. The van der Waals surface area contributed by atoms with Gasteiger partial charge in [-0.25, -0.2) is 23.1 Å². The fraction of sp³-hybridized carbons (Fsp3) is 0.382. The fourth-order valence-corrected chi connectivity index (χ4v) is 6.81. The van der Waals surface area contributed by atoms with Crippen molar-refractivity contribution in [2.75, 3.05) is 24.5 Å². The minimum absolute atomic E-state index is 0.0446. The number of benzene rings is 1. The van der Waals surface area contributed by atoms with Crippen molar-refractivity contribution >= 4 is 34.5 Å². The number of piperazine rings is 1. The van der Waals surface area contributed by atoms with Crippen molar-refractivity contribution in [3.8, 4) is 16.9 Å². The van der Waals surface area contributed by atoms with E-state index in [4.69, 9.17) is 4.98 Å². The molecule has 45 heavy (non-hydrogen) atoms. The molecule has 4 heterocycles. The Morgan fingerprint density at radius 2 is 1.89 bits per heavy atom. The van der Waals surface area contributed by atoms with Crippen molar-refractivity contribution in [2.24, 2.45) is 5.92 Å². The number of hydrogen-bond donors (Lipinski definition) is 0. The van der Waals surface area contributed by atoms with Gasteiger partial charge >= 0.3 is 5.69 Å². The molecule has 0 N–H and O–H groups in total. The Bertz CT molecular complexity index is 1840. The number of pyridine rings is 2. The second-order valence-corrected chi connectivity index (χ2v) is 13.7. The van der Waals surface area contributed by atoms with Crippen molar-refractivity contribution in [1.82, 2.24) is 24.4 Å². The number of halogens is 2. The molecule has 3 aromatic heterocycles. The zero-order valence-corrected chi connectivity index (χ0v) is 27.3. The summed E-state index contributed by atoms with van der Waals surface area (Å²) in [5.74, 6) is -1.02. The van der Waals surface area contributed by atoms with E-state index in [0.29, 0.717) is 47.7 Å². The number of anilines is 1. The van der Waals surface area contributed by atoms with E-state index < -0.39 is 17.3 Å². The Morgan fingerprint density at radius 1 is 1.13 bits per heavy atom. The highest BCUT2D eigenvalue weighted by atomic mass is 32.2. The molecule has 0 aliphatic carbocycles. The van der Waals surface area contributed by atoms with Gasteiger partial charge in [-0.3, -0.25) is 9.78 Å². The van der Waals surface area contributed by atoms with E-state index in [1.165, 1.54) is 34.5 Å². The number of rotatable bonds is 8. The van der Waals surface area contributed by atoms with Crippen molar-refractivity contribution in [1.29, 1.82) is 0 Å². The first-order chi connectivity index (χ1) is 21.4. The van der Waals surface area contributed by atoms with Gasteiger partial charge in [-0.2, -0.15) is 4.98 Å². The first-order valence-corrected chi connectivity index (χ1v) is 16.0. The average molecular weight is 633 g/mol. The van der Waals surface area contributed by atoms with Gasteiger partial charge in [0.1, 0.15) is 17.3 Å². The zero-order valence-electron chi connectivity index (χ0n) is 26.5. The molecule has 1 aliphatic rings. The van der Waals surface area contributed by atoms with Gasteiger partial charge in [0.05, 0.1) is 22.3 Å². The standard InChI is InChI=1S/C34H38F2N6O2S/c1-8-28(43)40-14-15-41(22(7)18-40)32-23-17-25(36)30(29-24(35)10-9-11-27(29)45-20(4)5)38-33(23)42(34(44)39-32)31-21(6)12-13-37-26(31)16-19(2)3/h8-13,17,19-20,22H,1,14-16,18H2,2-7H3/t22-/m0/s1. The van der Waals surface area contributed by atoms with Crippen LogP contribution in [0.2, 0.25) is 0 Å². The van der Waals surface area contributed by atoms with Crippen LogP contribution in [0.5, 0.6) is 0 Å². The third-order valence-electron chi connectivity index (χ3n) is 7.79. The molecular weight excluding hydrogens is 594 g/mol. The summed E-state index contributed by atoms with van der Waals surface area (Å²) in [6, 6.07) is 7.49. The van der Waals surface area contributed by atoms with Crippen LogP contribution in [0, 0.1) is 24.5 Å². The Balaban J connectivity index is 1.83. The zero-order chi connectivity index (χ0) is 32.6. The lowest BCUT2D eigenvalue weighted by Gasteiger charge is -2.40. The summed E-state index contributed by atoms with van der Waals surface area (Å²) in [5, 5.41) is 0.409. The van der Waals surface area contributed by atoms with E-state index in [1.54, 1.807) is 23.2 Å². The van der Waals surface area contributed by atoms with Crippen LogP contribution in [-0.4, -0.2) is 61.3 Å². The largest absolute Gasteiger partial charge is 0.355 e. The second-order valence-electron chi connectivity index (χ2n) is 12.1. The molecule has 1 fully saturated rings. The molecule has 0 unspecified atom stereocenters. The molecule has 236 valence electrons. The van der Waals surface area contributed by atoms with E-state index >= 15 is 8.78 Å². The molecule has 5 rings (SSSR count). The average Bonchev–Trinajstić information content (AvgIpc) is 2.97. The molecule has 1 atom stereocenters. The van der Waals surface area contributed by atoms with Gasteiger partial charge in [-0.05, 0) is 62.1 Å². The van der Waals surface area contributed by atoms with Crippen molar-refractivity contribution in [3.05, 3.63) is 82.6 Å². The highest BCUT2D eigenvalue weighted by Crippen LogP contribution is 2.38. The number of amides is 1. The molecule has 0 spiro atoms. The van der Waals surface area contributed by atoms with Crippen LogP contribution in [0.1, 0.15) is 45.9 Å². The van der Waals surface area contributed by atoms with Crippen molar-refractivity contribution < 1.29 is 13.6 Å². The van der Waals surface area contributed by atoms with Crippen LogP contribution < -0.4 is 10.6 Å². The number of hydrogen-bond acceptors (Lipinski definition) is 7. The lowest BCUT2D eigenvalue weighted by Crippen LogP contribution is -2.54. The minimum atomic E-state index is -0.732. The summed E-state index contributed by atoms with van der Waals surface area (Å²) in [4.78, 5) is 44.5. The summed E-state index contributed by atoms with van der Waals surface area (Å²) >= 11 is 1.41. The first-order valence-electron chi connectivity index (χ1n) is 15.1. The molecule has 11 heteroatoms. The topological polar surface area (TPSA) is 84.2 Å². The van der Waals surface area contributed by atoms with Crippen molar-refractivity contribution in [3.63, 3.8) is 0 Å². The Hall–Kier alpha value is -4.12. The van der Waals surface area contributed by atoms with Crippen LogP contribution in [-0.2, 0) is 11.2 Å². The van der Waals surface area contributed by atoms with Crippen LogP contribution in [0.15, 0.2) is 58.9 Å². The summed E-state index contributed by atoms with van der Waals surface area (Å²) in [7, 11) is 0. The SMILES string of the molecule is C=CC(=O)N1CCN(c2nc(=O)n(-c3c(C)ccnc3CC(C)C)c3nc(-c4c(F)cccc4SC(C)C)c(F)cc23)[C@@H](C)C1. The molecular formula is C34H38F2N6O2S. The lowest BCUT2D eigenvalue weighted by atomic mass is 10.0. The van der Waals surface area contributed by atoms with Crippen LogP contribution in [0.3, 0.4) is 0 Å². The quantitative estimate of drug-likeness (QED) is 0.165. The van der Waals surface area contributed by atoms with Gasteiger partial charge in [-0.15, -0.1) is 11.8 Å². The summed E-state index contributed by atoms with van der Waals surface area (Å²) < 4.78 is 33.2. The van der Waals surface area contributed by atoms with E-state index in [0.717, 1.165) is 5.56 Å². The number of nitrogens with zero attached hydrogens (tertiary/aromatic N) is 6. The number of carbonyl (C=O) groups is 1. The predicted octanol–water partition coefficient (Wildman–Crippen LogP) is 6.35. The van der Waals surface area contributed by atoms with Crippen LogP contribution >= 0.6 is 11.8 Å². The highest BCUT2D eigenvalue weighted by molar-refractivity contribution is 8.00. The minimum Gasteiger partial charge on any atom is -0.350 e. The third-order valence-corrected chi connectivity index (χ3v) is 8.85. The fourth-order valence-electron chi connectivity index (χ4n) is 5.84. The van der Waals surface area contributed by atoms with Crippen LogP contribution in [0.25, 0.3) is 28.0 Å². The Kier molecular flexibility index (Phi) is 9.38. The molecule has 1 saturated heterocycles. The van der Waals surface area contributed by atoms with Crippen LogP contribution in [0.4, 0.5) is 14.6 Å². The number of aromatic nitrogens is 4. The maximum absolute atomic E-state index is 16.3. The molecule has 0 saturated carbocycles. The molecule has 0 radical (unpaired) electrons. The molecule has 0 bridgehead atoms. The summed E-state index contributed by atoms with van der Waals surface area (Å²) in [6.07, 6.45) is 3.56. The molecule has 1 aromatic carbocycles. The molecule has 1 aliphatic heterocycles. The summed E-state index contributed by atoms with van der Waals surface area (Å²) in [6.45, 7) is 16.6. The molecule has 4 aromatic rings. The maximum atomic E-state index is 16.3. The van der Waals surface area contributed by atoms with Gasteiger partial charge in [-0.1, -0.05) is 40.3 Å². The van der Waals surface area contributed by atoms with E-state index in [9.17, 15) is 9.59 Å². The van der Waals surface area contributed by atoms with E-state index in [-0.39, 0.29) is 45.8 Å². The Labute approximate surface area is 266 Å². The van der Waals surface area contributed by atoms with Gasteiger partial charge in [0.15, 0.2) is 11.5 Å². The third kappa shape index (κ3) is 6.36. The van der Waals surface area contributed by atoms with Gasteiger partial charge in [0.2, 0.25) is 5.91 Å². The lowest BCUT2D eigenvalue weighted by molar-refractivity contribution is -0.126. The first kappa shape index (κ1) is 32.3.